The minimum Gasteiger partial charge on any atom is -0.493 e. The highest BCUT2D eigenvalue weighted by atomic mass is 19.3. The van der Waals surface area contributed by atoms with Crippen molar-refractivity contribution in [3.8, 4) is 11.5 Å². The third-order valence-corrected chi connectivity index (χ3v) is 3.80. The van der Waals surface area contributed by atoms with Crippen LogP contribution < -0.4 is 20.1 Å². The largest absolute Gasteiger partial charge is 0.493 e. The highest BCUT2D eigenvalue weighted by molar-refractivity contribution is 5.79. The second-order valence-corrected chi connectivity index (χ2v) is 5.87. The molecule has 0 spiro atoms. The molecule has 0 heterocycles. The lowest BCUT2D eigenvalue weighted by molar-refractivity contribution is -0.0512. The van der Waals surface area contributed by atoms with Gasteiger partial charge in [-0.15, -0.1) is 0 Å². The summed E-state index contributed by atoms with van der Waals surface area (Å²) in [7, 11) is 1.40. The van der Waals surface area contributed by atoms with E-state index in [2.05, 4.69) is 20.4 Å². The van der Waals surface area contributed by atoms with Crippen LogP contribution in [-0.2, 0) is 13.0 Å². The van der Waals surface area contributed by atoms with E-state index in [0.29, 0.717) is 32.0 Å². The third kappa shape index (κ3) is 7.02. The lowest BCUT2D eigenvalue weighted by Gasteiger charge is -2.13. The van der Waals surface area contributed by atoms with E-state index in [-0.39, 0.29) is 17.3 Å². The SMILES string of the molecule is CCNC(=NCc1cccc(F)c1)NCCc1ccc(OC)c(OC(F)F)c1. The molecule has 8 heteroatoms. The van der Waals surface area contributed by atoms with Gasteiger partial charge in [0.2, 0.25) is 0 Å². The molecule has 0 fully saturated rings. The number of nitrogens with one attached hydrogen (secondary N) is 2. The van der Waals surface area contributed by atoms with E-state index < -0.39 is 6.61 Å². The first-order valence-electron chi connectivity index (χ1n) is 8.90. The van der Waals surface area contributed by atoms with Crippen molar-refractivity contribution in [1.82, 2.24) is 10.6 Å². The molecular formula is C20H24F3N3O2. The predicted molar refractivity (Wildman–Crippen MR) is 103 cm³/mol. The summed E-state index contributed by atoms with van der Waals surface area (Å²) in [5, 5.41) is 6.28. The van der Waals surface area contributed by atoms with E-state index >= 15 is 0 Å². The van der Waals surface area contributed by atoms with Crippen molar-refractivity contribution in [2.24, 2.45) is 4.99 Å². The van der Waals surface area contributed by atoms with Gasteiger partial charge in [-0.3, -0.25) is 0 Å². The normalized spacial score (nSPS) is 11.4. The summed E-state index contributed by atoms with van der Waals surface area (Å²) in [4.78, 5) is 4.42. The Morgan fingerprint density at radius 3 is 2.57 bits per heavy atom. The second kappa shape index (κ2) is 11.1. The van der Waals surface area contributed by atoms with Crippen molar-refractivity contribution in [3.05, 3.63) is 59.4 Å². The number of hydrogen-bond acceptors (Lipinski definition) is 3. The van der Waals surface area contributed by atoms with Crippen LogP contribution in [0.1, 0.15) is 18.1 Å². The molecule has 2 rings (SSSR count). The number of aliphatic imine (C=N–C) groups is 1. The van der Waals surface area contributed by atoms with Gasteiger partial charge in [0.25, 0.3) is 0 Å². The van der Waals surface area contributed by atoms with Crippen molar-refractivity contribution in [1.29, 1.82) is 0 Å². The first kappa shape index (κ1) is 21.4. The van der Waals surface area contributed by atoms with E-state index in [1.54, 1.807) is 24.3 Å². The monoisotopic (exact) mass is 395 g/mol. The Labute approximate surface area is 162 Å². The van der Waals surface area contributed by atoms with Gasteiger partial charge in [-0.1, -0.05) is 18.2 Å². The number of alkyl halides is 2. The Morgan fingerprint density at radius 2 is 1.89 bits per heavy atom. The molecule has 28 heavy (non-hydrogen) atoms. The molecule has 0 amide bonds. The van der Waals surface area contributed by atoms with Crippen LogP contribution >= 0.6 is 0 Å². The second-order valence-electron chi connectivity index (χ2n) is 5.87. The fourth-order valence-electron chi connectivity index (χ4n) is 2.54. The number of nitrogens with zero attached hydrogens (tertiary/aromatic N) is 1. The van der Waals surface area contributed by atoms with Crippen LogP contribution in [-0.4, -0.2) is 32.8 Å². The molecule has 0 bridgehead atoms. The summed E-state index contributed by atoms with van der Waals surface area (Å²) in [5.41, 5.74) is 1.58. The summed E-state index contributed by atoms with van der Waals surface area (Å²) < 4.78 is 47.8. The van der Waals surface area contributed by atoms with E-state index in [1.165, 1.54) is 25.3 Å². The first-order valence-corrected chi connectivity index (χ1v) is 8.90. The van der Waals surface area contributed by atoms with Crippen LogP contribution in [0, 0.1) is 5.82 Å². The maximum Gasteiger partial charge on any atom is 0.387 e. The quantitative estimate of drug-likeness (QED) is 0.502. The average molecular weight is 395 g/mol. The summed E-state index contributed by atoms with van der Waals surface area (Å²) in [6, 6.07) is 11.2. The highest BCUT2D eigenvalue weighted by Gasteiger charge is 2.11. The number of ether oxygens (including phenoxy) is 2. The predicted octanol–water partition coefficient (Wildman–Crippen LogP) is 3.73. The summed E-state index contributed by atoms with van der Waals surface area (Å²) in [6.07, 6.45) is 0.563. The topological polar surface area (TPSA) is 54.9 Å². The van der Waals surface area contributed by atoms with Crippen molar-refractivity contribution in [2.45, 2.75) is 26.5 Å². The van der Waals surface area contributed by atoms with Crippen molar-refractivity contribution in [2.75, 3.05) is 20.2 Å². The van der Waals surface area contributed by atoms with Gasteiger partial charge >= 0.3 is 6.61 Å². The molecule has 0 aliphatic rings. The minimum atomic E-state index is -2.92. The van der Waals surface area contributed by atoms with Gasteiger partial charge in [-0.05, 0) is 48.7 Å². The molecule has 0 aliphatic carbocycles. The van der Waals surface area contributed by atoms with Gasteiger partial charge in [-0.25, -0.2) is 9.38 Å². The average Bonchev–Trinajstić information content (AvgIpc) is 2.66. The number of guanidine groups is 1. The molecule has 0 saturated heterocycles. The highest BCUT2D eigenvalue weighted by Crippen LogP contribution is 2.29. The maximum atomic E-state index is 13.3. The molecule has 5 nitrogen and oxygen atoms in total. The molecule has 2 aromatic carbocycles. The number of halogens is 3. The maximum absolute atomic E-state index is 13.3. The Morgan fingerprint density at radius 1 is 1.07 bits per heavy atom. The standard InChI is InChI=1S/C20H24F3N3O2/c1-3-24-20(26-13-15-5-4-6-16(21)11-15)25-10-9-14-7-8-17(27-2)18(12-14)28-19(22)23/h4-8,11-12,19H,3,9-10,13H2,1-2H3,(H2,24,25,26). The van der Waals surface area contributed by atoms with Gasteiger partial charge in [-0.2, -0.15) is 8.78 Å². The zero-order valence-electron chi connectivity index (χ0n) is 15.8. The Balaban J connectivity index is 1.95. The molecule has 0 unspecified atom stereocenters. The van der Waals surface area contributed by atoms with E-state index in [0.717, 1.165) is 11.1 Å². The molecule has 2 aromatic rings. The van der Waals surface area contributed by atoms with Crippen LogP contribution in [0.2, 0.25) is 0 Å². The van der Waals surface area contributed by atoms with E-state index in [1.807, 2.05) is 6.92 Å². The summed E-state index contributed by atoms with van der Waals surface area (Å²) >= 11 is 0. The Bertz CT molecular complexity index is 785. The van der Waals surface area contributed by atoms with Crippen LogP contribution in [0.15, 0.2) is 47.5 Å². The van der Waals surface area contributed by atoms with Gasteiger partial charge < -0.3 is 20.1 Å². The van der Waals surface area contributed by atoms with E-state index in [4.69, 9.17) is 4.74 Å². The van der Waals surface area contributed by atoms with Gasteiger partial charge in [0.1, 0.15) is 5.82 Å². The van der Waals surface area contributed by atoms with Crippen molar-refractivity contribution in [3.63, 3.8) is 0 Å². The smallest absolute Gasteiger partial charge is 0.387 e. The third-order valence-electron chi connectivity index (χ3n) is 3.80. The molecule has 152 valence electrons. The Hall–Kier alpha value is -2.90. The minimum absolute atomic E-state index is 0.00155. The summed E-state index contributed by atoms with van der Waals surface area (Å²) in [5.74, 6) is 0.542. The van der Waals surface area contributed by atoms with Crippen molar-refractivity contribution < 1.29 is 22.6 Å². The molecule has 2 N–H and O–H groups in total. The molecule has 0 saturated carbocycles. The molecule has 0 aromatic heterocycles. The first-order chi connectivity index (χ1) is 13.5. The van der Waals surface area contributed by atoms with E-state index in [9.17, 15) is 13.2 Å². The number of rotatable bonds is 9. The van der Waals surface area contributed by atoms with Crippen LogP contribution in [0.5, 0.6) is 11.5 Å². The molecule has 0 atom stereocenters. The van der Waals surface area contributed by atoms with Crippen molar-refractivity contribution >= 4 is 5.96 Å². The van der Waals surface area contributed by atoms with Crippen LogP contribution in [0.4, 0.5) is 13.2 Å². The van der Waals surface area contributed by atoms with Gasteiger partial charge in [0, 0.05) is 13.1 Å². The number of benzene rings is 2. The van der Waals surface area contributed by atoms with Crippen LogP contribution in [0.25, 0.3) is 0 Å². The molecular weight excluding hydrogens is 371 g/mol. The zero-order chi connectivity index (χ0) is 20.4. The molecule has 0 radical (unpaired) electrons. The Kier molecular flexibility index (Phi) is 8.45. The fourth-order valence-corrected chi connectivity index (χ4v) is 2.54. The summed E-state index contributed by atoms with van der Waals surface area (Å²) in [6.45, 7) is 0.551. The zero-order valence-corrected chi connectivity index (χ0v) is 15.8. The lowest BCUT2D eigenvalue weighted by Crippen LogP contribution is -2.38. The fraction of sp³-hybridized carbons (Fsp3) is 0.350. The number of hydrogen-bond donors (Lipinski definition) is 2. The van der Waals surface area contributed by atoms with Gasteiger partial charge in [0.15, 0.2) is 17.5 Å². The lowest BCUT2D eigenvalue weighted by atomic mass is 10.1. The van der Waals surface area contributed by atoms with Gasteiger partial charge in [0.05, 0.1) is 13.7 Å². The van der Waals surface area contributed by atoms with Crippen LogP contribution in [0.3, 0.4) is 0 Å². The molecule has 0 aliphatic heterocycles. The number of methoxy groups -OCH3 is 1.